The Morgan fingerprint density at radius 3 is 2.67 bits per heavy atom. The van der Waals surface area contributed by atoms with E-state index in [9.17, 15) is 14.5 Å². The van der Waals surface area contributed by atoms with Gasteiger partial charge in [-0.3, -0.25) is 10.1 Å². The molecule has 0 saturated heterocycles. The van der Waals surface area contributed by atoms with Crippen LogP contribution in [0.2, 0.25) is 0 Å². The highest BCUT2D eigenvalue weighted by atomic mass is 32.1. The summed E-state index contributed by atoms with van der Waals surface area (Å²) in [5.74, 6) is -0.603. The van der Waals surface area contributed by atoms with Crippen LogP contribution >= 0.6 is 12.6 Å². The van der Waals surface area contributed by atoms with E-state index in [1.807, 2.05) is 0 Å². The standard InChI is InChI=1S/C7H6FNO2S/c1-4-6(8)2-5(12)3-7(4)9(10)11/h2-3,12H,1H3. The molecule has 0 heterocycles. The number of hydrogen-bond donors (Lipinski definition) is 1. The predicted molar refractivity (Wildman–Crippen MR) is 45.0 cm³/mol. The molecule has 0 aliphatic carbocycles. The lowest BCUT2D eigenvalue weighted by Gasteiger charge is -1.99. The minimum atomic E-state index is -0.627. The van der Waals surface area contributed by atoms with Gasteiger partial charge >= 0.3 is 0 Å². The van der Waals surface area contributed by atoms with E-state index in [4.69, 9.17) is 0 Å². The molecule has 3 nitrogen and oxygen atoms in total. The van der Waals surface area contributed by atoms with Crippen LogP contribution in [0.5, 0.6) is 0 Å². The number of halogens is 1. The van der Waals surface area contributed by atoms with Crippen LogP contribution in [0.25, 0.3) is 0 Å². The Morgan fingerprint density at radius 1 is 1.58 bits per heavy atom. The zero-order chi connectivity index (χ0) is 9.30. The predicted octanol–water partition coefficient (Wildman–Crippen LogP) is 2.33. The van der Waals surface area contributed by atoms with Gasteiger partial charge < -0.3 is 0 Å². The van der Waals surface area contributed by atoms with Gasteiger partial charge in [0.15, 0.2) is 0 Å². The monoisotopic (exact) mass is 187 g/mol. The fraction of sp³-hybridized carbons (Fsp3) is 0.143. The van der Waals surface area contributed by atoms with Crippen LogP contribution in [0.1, 0.15) is 5.56 Å². The SMILES string of the molecule is Cc1c(F)cc(S)cc1[N+](=O)[O-]. The summed E-state index contributed by atoms with van der Waals surface area (Å²) in [4.78, 5) is 9.96. The van der Waals surface area contributed by atoms with E-state index in [1.165, 1.54) is 13.0 Å². The van der Waals surface area contributed by atoms with Crippen LogP contribution in [-0.2, 0) is 0 Å². The third kappa shape index (κ3) is 1.55. The molecule has 0 unspecified atom stereocenters. The third-order valence-corrected chi connectivity index (χ3v) is 1.76. The summed E-state index contributed by atoms with van der Waals surface area (Å²) >= 11 is 3.82. The van der Waals surface area contributed by atoms with Gasteiger partial charge in [0.1, 0.15) is 5.82 Å². The maximum absolute atomic E-state index is 12.8. The number of nitro benzene ring substituents is 1. The topological polar surface area (TPSA) is 43.1 Å². The second kappa shape index (κ2) is 3.10. The summed E-state index contributed by atoms with van der Waals surface area (Å²) in [5, 5.41) is 10.3. The molecule has 0 aliphatic heterocycles. The molecule has 1 aromatic rings. The van der Waals surface area contributed by atoms with Crippen molar-refractivity contribution in [1.29, 1.82) is 0 Å². The second-order valence-electron chi connectivity index (χ2n) is 2.33. The van der Waals surface area contributed by atoms with Gasteiger partial charge in [0.05, 0.1) is 10.5 Å². The van der Waals surface area contributed by atoms with Crippen LogP contribution in [0, 0.1) is 22.9 Å². The first-order valence-corrected chi connectivity index (χ1v) is 3.60. The van der Waals surface area contributed by atoms with Crippen molar-refractivity contribution in [3.63, 3.8) is 0 Å². The van der Waals surface area contributed by atoms with Crippen molar-refractivity contribution in [3.8, 4) is 0 Å². The second-order valence-corrected chi connectivity index (χ2v) is 2.85. The lowest BCUT2D eigenvalue weighted by molar-refractivity contribution is -0.385. The first-order valence-electron chi connectivity index (χ1n) is 3.16. The fourth-order valence-electron chi connectivity index (χ4n) is 0.840. The average molecular weight is 187 g/mol. The molecular formula is C7H6FNO2S. The van der Waals surface area contributed by atoms with Gasteiger partial charge in [-0.15, -0.1) is 12.6 Å². The van der Waals surface area contributed by atoms with Gasteiger partial charge in [-0.05, 0) is 13.0 Å². The molecule has 0 amide bonds. The van der Waals surface area contributed by atoms with Crippen LogP contribution in [0.3, 0.4) is 0 Å². The number of nitro groups is 1. The number of nitrogens with zero attached hydrogens (tertiary/aromatic N) is 1. The Balaban J connectivity index is 3.37. The maximum Gasteiger partial charge on any atom is 0.276 e. The first kappa shape index (κ1) is 8.99. The molecule has 0 bridgehead atoms. The summed E-state index contributed by atoms with van der Waals surface area (Å²) in [6, 6.07) is 2.37. The lowest BCUT2D eigenvalue weighted by Crippen LogP contribution is -1.94. The van der Waals surface area contributed by atoms with Gasteiger partial charge in [0.25, 0.3) is 5.69 Å². The van der Waals surface area contributed by atoms with Gasteiger partial charge in [-0.1, -0.05) is 0 Å². The van der Waals surface area contributed by atoms with Gasteiger partial charge in [-0.25, -0.2) is 4.39 Å². The minimum absolute atomic E-state index is 0.0396. The average Bonchev–Trinajstić information content (AvgIpc) is 1.96. The summed E-state index contributed by atoms with van der Waals surface area (Å²) in [7, 11) is 0. The quantitative estimate of drug-likeness (QED) is 0.416. The summed E-state index contributed by atoms with van der Waals surface area (Å²) in [6.07, 6.45) is 0. The minimum Gasteiger partial charge on any atom is -0.258 e. The van der Waals surface area contributed by atoms with E-state index in [0.717, 1.165) is 6.07 Å². The van der Waals surface area contributed by atoms with Gasteiger partial charge in [0, 0.05) is 11.0 Å². The zero-order valence-corrected chi connectivity index (χ0v) is 7.14. The summed E-state index contributed by atoms with van der Waals surface area (Å²) in [6.45, 7) is 1.36. The Bertz CT molecular complexity index is 340. The highest BCUT2D eigenvalue weighted by Crippen LogP contribution is 2.24. The van der Waals surface area contributed by atoms with Crippen molar-refractivity contribution in [1.82, 2.24) is 0 Å². The Hall–Kier alpha value is -1.10. The molecule has 0 aliphatic rings. The number of benzene rings is 1. The molecule has 0 fully saturated rings. The largest absolute Gasteiger partial charge is 0.276 e. The van der Waals surface area contributed by atoms with Gasteiger partial charge in [0.2, 0.25) is 0 Å². The fourth-order valence-corrected chi connectivity index (χ4v) is 1.08. The highest BCUT2D eigenvalue weighted by Gasteiger charge is 2.14. The van der Waals surface area contributed by atoms with E-state index in [1.54, 1.807) is 0 Å². The van der Waals surface area contributed by atoms with E-state index in [2.05, 4.69) is 12.6 Å². The third-order valence-electron chi connectivity index (χ3n) is 1.50. The molecule has 0 saturated carbocycles. The van der Waals surface area contributed by atoms with Crippen molar-refractivity contribution >= 4 is 18.3 Å². The van der Waals surface area contributed by atoms with E-state index in [-0.39, 0.29) is 16.1 Å². The molecule has 0 aromatic heterocycles. The Morgan fingerprint density at radius 2 is 2.17 bits per heavy atom. The Kier molecular flexibility index (Phi) is 2.32. The van der Waals surface area contributed by atoms with Crippen LogP contribution in [0.4, 0.5) is 10.1 Å². The van der Waals surface area contributed by atoms with Crippen molar-refractivity contribution in [2.45, 2.75) is 11.8 Å². The molecule has 0 spiro atoms. The maximum atomic E-state index is 12.8. The van der Waals surface area contributed by atoms with Crippen LogP contribution in [-0.4, -0.2) is 4.92 Å². The molecule has 0 atom stereocenters. The summed E-state index contributed by atoms with van der Waals surface area (Å²) in [5.41, 5.74) is -0.196. The van der Waals surface area contributed by atoms with Crippen LogP contribution < -0.4 is 0 Å². The Labute approximate surface area is 73.8 Å². The number of rotatable bonds is 1. The van der Waals surface area contributed by atoms with Crippen molar-refractivity contribution in [2.24, 2.45) is 0 Å². The number of hydrogen-bond acceptors (Lipinski definition) is 3. The van der Waals surface area contributed by atoms with Crippen molar-refractivity contribution in [2.75, 3.05) is 0 Å². The summed E-state index contributed by atoms with van der Waals surface area (Å²) < 4.78 is 12.8. The molecular weight excluding hydrogens is 181 g/mol. The molecule has 1 aromatic carbocycles. The van der Waals surface area contributed by atoms with E-state index < -0.39 is 10.7 Å². The molecule has 64 valence electrons. The zero-order valence-electron chi connectivity index (χ0n) is 6.24. The van der Waals surface area contributed by atoms with Crippen LogP contribution in [0.15, 0.2) is 17.0 Å². The molecule has 1 rings (SSSR count). The normalized spacial score (nSPS) is 9.92. The molecule has 0 N–H and O–H groups in total. The molecule has 0 radical (unpaired) electrons. The highest BCUT2D eigenvalue weighted by molar-refractivity contribution is 7.80. The lowest BCUT2D eigenvalue weighted by atomic mass is 10.2. The van der Waals surface area contributed by atoms with Crippen molar-refractivity contribution in [3.05, 3.63) is 33.6 Å². The molecule has 12 heavy (non-hydrogen) atoms. The molecule has 5 heteroatoms. The van der Waals surface area contributed by atoms with Crippen molar-refractivity contribution < 1.29 is 9.31 Å². The van der Waals surface area contributed by atoms with Gasteiger partial charge in [-0.2, -0.15) is 0 Å². The van der Waals surface area contributed by atoms with E-state index in [0.29, 0.717) is 0 Å². The number of thiol groups is 1. The smallest absolute Gasteiger partial charge is 0.258 e. The van der Waals surface area contributed by atoms with E-state index >= 15 is 0 Å². The first-order chi connectivity index (χ1) is 5.52.